The largest absolute Gasteiger partial charge is 0.476 e. The summed E-state index contributed by atoms with van der Waals surface area (Å²) in [4.78, 5) is 24.8. The molecule has 0 aliphatic carbocycles. The topological polar surface area (TPSA) is 114 Å². The zero-order valence-corrected chi connectivity index (χ0v) is 9.84. The van der Waals surface area contributed by atoms with Crippen molar-refractivity contribution in [2.24, 2.45) is 0 Å². The summed E-state index contributed by atoms with van der Waals surface area (Å²) in [6, 6.07) is 1.43. The smallest absolute Gasteiger partial charge is 0.356 e. The van der Waals surface area contributed by atoms with Gasteiger partial charge in [0, 0.05) is 5.69 Å². The lowest BCUT2D eigenvalue weighted by molar-refractivity contribution is 0.0690. The van der Waals surface area contributed by atoms with Crippen molar-refractivity contribution in [1.29, 1.82) is 0 Å². The number of aryl methyl sites for hydroxylation is 2. The quantitative estimate of drug-likeness (QED) is 0.786. The van der Waals surface area contributed by atoms with Crippen LogP contribution in [0.25, 0.3) is 5.95 Å². The van der Waals surface area contributed by atoms with Crippen molar-refractivity contribution < 1.29 is 9.90 Å². The number of carboxylic acid groups (broad SMARTS) is 1. The van der Waals surface area contributed by atoms with Crippen LogP contribution < -0.4 is 5.56 Å². The Kier molecular flexibility index (Phi) is 2.92. The molecular weight excluding hydrogens is 238 g/mol. The van der Waals surface area contributed by atoms with E-state index in [1.54, 1.807) is 0 Å². The summed E-state index contributed by atoms with van der Waals surface area (Å²) in [5, 5.41) is 20.2. The van der Waals surface area contributed by atoms with Gasteiger partial charge >= 0.3 is 5.97 Å². The average Bonchev–Trinajstić information content (AvgIpc) is 2.77. The molecule has 0 aliphatic rings. The molecule has 2 heterocycles. The number of rotatable bonds is 3. The summed E-state index contributed by atoms with van der Waals surface area (Å²) in [6.45, 7) is 3.38. The second-order valence-corrected chi connectivity index (χ2v) is 3.65. The van der Waals surface area contributed by atoms with Crippen LogP contribution in [-0.4, -0.2) is 36.0 Å². The molecule has 0 fully saturated rings. The van der Waals surface area contributed by atoms with Gasteiger partial charge in [-0.3, -0.25) is 9.78 Å². The van der Waals surface area contributed by atoms with Crippen LogP contribution in [-0.2, 0) is 6.42 Å². The first-order chi connectivity index (χ1) is 8.52. The fraction of sp³-hybridized carbons (Fsp3) is 0.300. The monoisotopic (exact) mass is 249 g/mol. The molecule has 2 N–H and O–H groups in total. The van der Waals surface area contributed by atoms with E-state index in [1.807, 2.05) is 6.92 Å². The lowest BCUT2D eigenvalue weighted by atomic mass is 10.3. The minimum absolute atomic E-state index is 0.102. The van der Waals surface area contributed by atoms with Gasteiger partial charge in [-0.05, 0) is 19.4 Å². The van der Waals surface area contributed by atoms with E-state index in [0.717, 1.165) is 0 Å². The molecule has 0 radical (unpaired) electrons. The van der Waals surface area contributed by atoms with Crippen LogP contribution in [0.15, 0.2) is 10.9 Å². The first kappa shape index (κ1) is 12.0. The van der Waals surface area contributed by atoms with Crippen LogP contribution in [0.1, 0.15) is 28.8 Å². The number of carboxylic acids is 1. The maximum Gasteiger partial charge on any atom is 0.356 e. The lowest BCUT2D eigenvalue weighted by Crippen LogP contribution is -2.19. The predicted molar refractivity (Wildman–Crippen MR) is 60.8 cm³/mol. The number of aromatic nitrogens is 5. The molecule has 0 aliphatic heterocycles. The first-order valence-electron chi connectivity index (χ1n) is 5.29. The minimum Gasteiger partial charge on any atom is -0.476 e. The number of carbonyl (C=O) groups is 1. The Labute approximate surface area is 101 Å². The molecule has 94 valence electrons. The second-order valence-electron chi connectivity index (χ2n) is 3.65. The van der Waals surface area contributed by atoms with E-state index >= 15 is 0 Å². The second kappa shape index (κ2) is 4.40. The molecule has 18 heavy (non-hydrogen) atoms. The van der Waals surface area contributed by atoms with Crippen LogP contribution in [0.2, 0.25) is 0 Å². The average molecular weight is 249 g/mol. The van der Waals surface area contributed by atoms with Gasteiger partial charge in [0.05, 0.1) is 0 Å². The number of hydrogen-bond donors (Lipinski definition) is 2. The van der Waals surface area contributed by atoms with E-state index in [-0.39, 0.29) is 22.9 Å². The molecule has 0 saturated heterocycles. The van der Waals surface area contributed by atoms with Crippen LogP contribution in [0.4, 0.5) is 0 Å². The number of nitrogens with zero attached hydrogens (tertiary/aromatic N) is 4. The van der Waals surface area contributed by atoms with Gasteiger partial charge in [0.25, 0.3) is 11.5 Å². The first-order valence-corrected chi connectivity index (χ1v) is 5.29. The summed E-state index contributed by atoms with van der Waals surface area (Å²) >= 11 is 0. The van der Waals surface area contributed by atoms with Crippen LogP contribution in [0.5, 0.6) is 0 Å². The van der Waals surface area contributed by atoms with E-state index in [2.05, 4.69) is 20.3 Å². The maximum atomic E-state index is 11.4. The number of aromatic carboxylic acids is 1. The molecule has 0 amide bonds. The molecule has 0 aromatic carbocycles. The molecule has 8 nitrogen and oxygen atoms in total. The van der Waals surface area contributed by atoms with Gasteiger partial charge in [0.2, 0.25) is 0 Å². The van der Waals surface area contributed by atoms with E-state index in [0.29, 0.717) is 12.1 Å². The highest BCUT2D eigenvalue weighted by molar-refractivity contribution is 5.85. The van der Waals surface area contributed by atoms with Gasteiger partial charge in [-0.15, -0.1) is 10.2 Å². The highest BCUT2D eigenvalue weighted by atomic mass is 16.4. The summed E-state index contributed by atoms with van der Waals surface area (Å²) in [7, 11) is 0. The van der Waals surface area contributed by atoms with Crippen LogP contribution in [0.3, 0.4) is 0 Å². The maximum absolute atomic E-state index is 11.4. The van der Waals surface area contributed by atoms with Gasteiger partial charge in [-0.25, -0.2) is 9.48 Å². The van der Waals surface area contributed by atoms with E-state index in [4.69, 9.17) is 5.11 Å². The zero-order valence-electron chi connectivity index (χ0n) is 9.84. The number of H-pyrrole nitrogens is 1. The van der Waals surface area contributed by atoms with Crippen molar-refractivity contribution in [3.63, 3.8) is 0 Å². The third kappa shape index (κ3) is 1.99. The number of hydrogen-bond acceptors (Lipinski definition) is 5. The van der Waals surface area contributed by atoms with Crippen molar-refractivity contribution in [2.45, 2.75) is 20.3 Å². The van der Waals surface area contributed by atoms with E-state index < -0.39 is 5.97 Å². The highest BCUT2D eigenvalue weighted by Gasteiger charge is 2.15. The summed E-state index contributed by atoms with van der Waals surface area (Å²) in [5.74, 6) is -1.03. The Balaban J connectivity index is 2.58. The normalized spacial score (nSPS) is 10.6. The van der Waals surface area contributed by atoms with Crippen LogP contribution in [0, 0.1) is 6.92 Å². The van der Waals surface area contributed by atoms with Gasteiger partial charge in [0.1, 0.15) is 5.69 Å². The predicted octanol–water partition coefficient (Wildman–Crippen LogP) is -0.0804. The molecular formula is C10H11N5O3. The molecule has 2 aromatic rings. The fourth-order valence-corrected chi connectivity index (χ4v) is 1.44. The van der Waals surface area contributed by atoms with Gasteiger partial charge in [0.15, 0.2) is 5.69 Å². The minimum atomic E-state index is -1.13. The number of nitrogens with one attached hydrogen (secondary N) is 1. The Hall–Kier alpha value is -2.51. The van der Waals surface area contributed by atoms with E-state index in [1.165, 1.54) is 17.7 Å². The molecule has 8 heteroatoms. The SMILES string of the molecule is CCc1cc(C(=O)O)nn1-c1nnc(C)c(=O)[nH]1. The highest BCUT2D eigenvalue weighted by Crippen LogP contribution is 2.08. The fourth-order valence-electron chi connectivity index (χ4n) is 1.44. The third-order valence-corrected chi connectivity index (χ3v) is 2.41. The third-order valence-electron chi connectivity index (χ3n) is 2.41. The van der Waals surface area contributed by atoms with E-state index in [9.17, 15) is 9.59 Å². The summed E-state index contributed by atoms with van der Waals surface area (Å²) in [6.07, 6.45) is 0.553. The summed E-state index contributed by atoms with van der Waals surface area (Å²) in [5.41, 5.74) is 0.383. The number of aromatic amines is 1. The van der Waals surface area contributed by atoms with Gasteiger partial charge in [-0.2, -0.15) is 5.10 Å². The van der Waals surface area contributed by atoms with Gasteiger partial charge < -0.3 is 5.11 Å². The van der Waals surface area contributed by atoms with Crippen molar-refractivity contribution >= 4 is 5.97 Å². The summed E-state index contributed by atoms with van der Waals surface area (Å²) < 4.78 is 1.28. The molecule has 0 bridgehead atoms. The molecule has 0 saturated carbocycles. The Bertz CT molecular complexity index is 658. The van der Waals surface area contributed by atoms with Crippen molar-refractivity contribution in [1.82, 2.24) is 25.0 Å². The van der Waals surface area contributed by atoms with Crippen LogP contribution >= 0.6 is 0 Å². The Morgan fingerprint density at radius 1 is 1.50 bits per heavy atom. The Morgan fingerprint density at radius 2 is 2.22 bits per heavy atom. The molecule has 0 spiro atoms. The molecule has 0 atom stereocenters. The molecule has 0 unspecified atom stereocenters. The Morgan fingerprint density at radius 3 is 2.78 bits per heavy atom. The standard InChI is InChI=1S/C10H11N5O3/c1-3-6-4-7(9(17)18)14-15(6)10-11-8(16)5(2)12-13-10/h4H,3H2,1-2H3,(H,17,18)(H,11,13,16). The van der Waals surface area contributed by atoms with Gasteiger partial charge in [-0.1, -0.05) is 6.92 Å². The van der Waals surface area contributed by atoms with Crippen molar-refractivity contribution in [2.75, 3.05) is 0 Å². The molecule has 2 rings (SSSR count). The molecule has 2 aromatic heterocycles. The van der Waals surface area contributed by atoms with Crippen molar-refractivity contribution in [3.8, 4) is 5.95 Å². The zero-order chi connectivity index (χ0) is 13.3. The van der Waals surface area contributed by atoms with Crippen molar-refractivity contribution in [3.05, 3.63) is 33.5 Å². The lowest BCUT2D eigenvalue weighted by Gasteiger charge is -2.02.